The summed E-state index contributed by atoms with van der Waals surface area (Å²) in [5.74, 6) is -0.285. The highest BCUT2D eigenvalue weighted by atomic mass is 35.5. The molecule has 1 amide bonds. The van der Waals surface area contributed by atoms with Crippen LogP contribution in [-0.2, 0) is 30.8 Å². The maximum atomic E-state index is 12.5. The molecule has 11 heteroatoms. The number of carbonyl (C=O) groups is 2. The summed E-state index contributed by atoms with van der Waals surface area (Å²) in [6.45, 7) is 0.708. The molecule has 0 unspecified atom stereocenters. The van der Waals surface area contributed by atoms with E-state index in [1.807, 2.05) is 12.1 Å². The van der Waals surface area contributed by atoms with Gasteiger partial charge in [-0.2, -0.15) is 0 Å². The monoisotopic (exact) mass is 496 g/mol. The van der Waals surface area contributed by atoms with Gasteiger partial charge in [0.15, 0.2) is 18.1 Å². The Morgan fingerprint density at radius 1 is 1.00 bits per heavy atom. The van der Waals surface area contributed by atoms with E-state index in [4.69, 9.17) is 25.8 Å². The fourth-order valence-electron chi connectivity index (χ4n) is 2.95. The summed E-state index contributed by atoms with van der Waals surface area (Å²) in [6.07, 6.45) is 1.10. The maximum Gasteiger partial charge on any atom is 0.307 e. The fraction of sp³-hybridized carbons (Fsp3) is 0.364. The highest BCUT2D eigenvalue weighted by Crippen LogP contribution is 2.31. The van der Waals surface area contributed by atoms with Gasteiger partial charge >= 0.3 is 5.97 Å². The van der Waals surface area contributed by atoms with Crippen molar-refractivity contribution in [3.8, 4) is 11.5 Å². The lowest BCUT2D eigenvalue weighted by atomic mass is 10.1. The fourth-order valence-corrected chi connectivity index (χ4v) is 4.12. The molecule has 178 valence electrons. The van der Waals surface area contributed by atoms with E-state index in [2.05, 4.69) is 10.0 Å². The van der Waals surface area contributed by atoms with E-state index < -0.39 is 28.5 Å². The first-order chi connectivity index (χ1) is 15.8. The van der Waals surface area contributed by atoms with E-state index >= 15 is 0 Å². The Hall–Kier alpha value is -2.82. The molecule has 0 saturated carbocycles. The van der Waals surface area contributed by atoms with Crippen molar-refractivity contribution in [2.75, 3.05) is 32.9 Å². The predicted molar refractivity (Wildman–Crippen MR) is 121 cm³/mol. The number of nitrogens with one attached hydrogen (secondary N) is 2. The second-order valence-electron chi connectivity index (χ2n) is 7.19. The van der Waals surface area contributed by atoms with Crippen LogP contribution < -0.4 is 19.5 Å². The smallest absolute Gasteiger partial charge is 0.307 e. The third kappa shape index (κ3) is 7.92. The van der Waals surface area contributed by atoms with Crippen LogP contribution in [0.25, 0.3) is 0 Å². The summed E-state index contributed by atoms with van der Waals surface area (Å²) in [4.78, 5) is 23.6. The molecular weight excluding hydrogens is 472 g/mol. The third-order valence-corrected chi connectivity index (χ3v) is 6.37. The zero-order valence-electron chi connectivity index (χ0n) is 17.8. The van der Waals surface area contributed by atoms with Gasteiger partial charge in [0, 0.05) is 30.6 Å². The van der Waals surface area contributed by atoms with Gasteiger partial charge in [0.1, 0.15) is 0 Å². The minimum Gasteiger partial charge on any atom is -0.490 e. The molecule has 0 aromatic heterocycles. The molecule has 9 nitrogen and oxygen atoms in total. The van der Waals surface area contributed by atoms with Crippen molar-refractivity contribution in [1.29, 1.82) is 0 Å². The molecule has 0 spiro atoms. The van der Waals surface area contributed by atoms with Gasteiger partial charge in [0.05, 0.1) is 24.5 Å². The van der Waals surface area contributed by atoms with Crippen LogP contribution in [0.5, 0.6) is 11.5 Å². The predicted octanol–water partition coefficient (Wildman–Crippen LogP) is 2.07. The minimum atomic E-state index is -3.85. The molecule has 1 aliphatic rings. The molecule has 0 fully saturated rings. The van der Waals surface area contributed by atoms with Gasteiger partial charge in [-0.15, -0.1) is 0 Å². The summed E-state index contributed by atoms with van der Waals surface area (Å²) in [5.41, 5.74) is 1.01. The molecule has 2 aromatic rings. The number of hydrogen-bond acceptors (Lipinski definition) is 7. The van der Waals surface area contributed by atoms with E-state index in [1.165, 1.54) is 18.2 Å². The number of benzene rings is 2. The summed E-state index contributed by atoms with van der Waals surface area (Å²) >= 11 is 5.82. The quantitative estimate of drug-likeness (QED) is 0.483. The zero-order valence-corrected chi connectivity index (χ0v) is 19.4. The Morgan fingerprint density at radius 2 is 1.73 bits per heavy atom. The van der Waals surface area contributed by atoms with Crippen LogP contribution in [0.15, 0.2) is 47.4 Å². The van der Waals surface area contributed by atoms with E-state index in [0.29, 0.717) is 49.1 Å². The van der Waals surface area contributed by atoms with Crippen molar-refractivity contribution in [2.45, 2.75) is 24.2 Å². The van der Waals surface area contributed by atoms with Crippen LogP contribution in [0.2, 0.25) is 5.02 Å². The lowest BCUT2D eigenvalue weighted by Gasteiger charge is -2.11. The Morgan fingerprint density at radius 3 is 2.48 bits per heavy atom. The largest absolute Gasteiger partial charge is 0.490 e. The highest BCUT2D eigenvalue weighted by Gasteiger charge is 2.19. The number of ether oxygens (including phenoxy) is 3. The first-order valence-electron chi connectivity index (χ1n) is 10.4. The van der Waals surface area contributed by atoms with E-state index in [0.717, 1.165) is 5.56 Å². The number of halogens is 1. The Labute approximate surface area is 197 Å². The molecule has 1 aliphatic heterocycles. The van der Waals surface area contributed by atoms with Crippen LogP contribution in [0.1, 0.15) is 18.4 Å². The van der Waals surface area contributed by atoms with E-state index in [9.17, 15) is 18.0 Å². The summed E-state index contributed by atoms with van der Waals surface area (Å²) in [7, 11) is -3.85. The standard InChI is InChI=1S/C22H25ClN2O7S/c23-17-4-2-16(3-5-17)8-10-24-21(26)15-32-22(27)9-11-25-33(28,29)18-6-7-19-20(14-18)31-13-1-12-30-19/h2-7,14,25H,1,8-13,15H2,(H,24,26). The summed E-state index contributed by atoms with van der Waals surface area (Å²) in [5, 5.41) is 3.29. The molecule has 3 rings (SSSR count). The molecule has 0 bridgehead atoms. The normalized spacial score (nSPS) is 13.1. The Balaban J connectivity index is 1.36. The number of sulfonamides is 1. The second kappa shape index (κ2) is 11.9. The van der Waals surface area contributed by atoms with Gasteiger partial charge in [0.25, 0.3) is 5.91 Å². The molecule has 0 radical (unpaired) electrons. The Kier molecular flexibility index (Phi) is 8.93. The number of carbonyl (C=O) groups excluding carboxylic acids is 2. The Bertz CT molecular complexity index is 1070. The molecule has 33 heavy (non-hydrogen) atoms. The first-order valence-corrected chi connectivity index (χ1v) is 12.3. The van der Waals surface area contributed by atoms with Crippen LogP contribution in [-0.4, -0.2) is 53.2 Å². The number of hydrogen-bond donors (Lipinski definition) is 2. The lowest BCUT2D eigenvalue weighted by Crippen LogP contribution is -2.31. The molecular formula is C22H25ClN2O7S. The van der Waals surface area contributed by atoms with Crippen molar-refractivity contribution in [1.82, 2.24) is 10.0 Å². The van der Waals surface area contributed by atoms with Gasteiger partial charge in [-0.3, -0.25) is 9.59 Å². The average molecular weight is 497 g/mol. The van der Waals surface area contributed by atoms with Gasteiger partial charge in [-0.25, -0.2) is 13.1 Å². The van der Waals surface area contributed by atoms with Crippen LogP contribution in [0.4, 0.5) is 0 Å². The van der Waals surface area contributed by atoms with E-state index in [-0.39, 0.29) is 17.9 Å². The van der Waals surface area contributed by atoms with Crippen LogP contribution in [0.3, 0.4) is 0 Å². The van der Waals surface area contributed by atoms with Crippen molar-refractivity contribution >= 4 is 33.5 Å². The van der Waals surface area contributed by atoms with Crippen LogP contribution in [0, 0.1) is 0 Å². The van der Waals surface area contributed by atoms with E-state index in [1.54, 1.807) is 12.1 Å². The third-order valence-electron chi connectivity index (χ3n) is 4.66. The summed E-state index contributed by atoms with van der Waals surface area (Å²) < 4.78 is 43.2. The van der Waals surface area contributed by atoms with Gasteiger partial charge in [0.2, 0.25) is 10.0 Å². The van der Waals surface area contributed by atoms with Crippen molar-refractivity contribution in [3.63, 3.8) is 0 Å². The highest BCUT2D eigenvalue weighted by molar-refractivity contribution is 7.89. The summed E-state index contributed by atoms with van der Waals surface area (Å²) in [6, 6.07) is 11.6. The molecule has 2 aromatic carbocycles. The zero-order chi connectivity index (χ0) is 23.7. The van der Waals surface area contributed by atoms with Crippen molar-refractivity contribution in [3.05, 3.63) is 53.1 Å². The van der Waals surface area contributed by atoms with Crippen molar-refractivity contribution in [2.24, 2.45) is 0 Å². The first kappa shape index (κ1) is 24.8. The number of esters is 1. The SMILES string of the molecule is O=C(COC(=O)CCNS(=O)(=O)c1ccc2c(c1)OCCCO2)NCCc1ccc(Cl)cc1. The maximum absolute atomic E-state index is 12.5. The van der Waals surface area contributed by atoms with Crippen LogP contribution >= 0.6 is 11.6 Å². The number of fused-ring (bicyclic) bond motifs is 1. The average Bonchev–Trinajstić information content (AvgIpc) is 3.04. The minimum absolute atomic E-state index is 0.000169. The molecule has 1 heterocycles. The molecule has 0 atom stereocenters. The topological polar surface area (TPSA) is 120 Å². The molecule has 0 saturated heterocycles. The lowest BCUT2D eigenvalue weighted by molar-refractivity contribution is -0.148. The van der Waals surface area contributed by atoms with Gasteiger partial charge in [-0.1, -0.05) is 23.7 Å². The second-order valence-corrected chi connectivity index (χ2v) is 9.40. The van der Waals surface area contributed by atoms with Crippen molar-refractivity contribution < 1.29 is 32.2 Å². The van der Waals surface area contributed by atoms with Gasteiger partial charge in [-0.05, 0) is 36.2 Å². The number of rotatable bonds is 10. The molecule has 0 aliphatic carbocycles. The molecule has 2 N–H and O–H groups in total. The van der Waals surface area contributed by atoms with Gasteiger partial charge < -0.3 is 19.5 Å². The number of amides is 1.